The molecule has 1 amide bonds. The van der Waals surface area contributed by atoms with Crippen LogP contribution in [0.3, 0.4) is 0 Å². The summed E-state index contributed by atoms with van der Waals surface area (Å²) < 4.78 is 61.2. The predicted octanol–water partition coefficient (Wildman–Crippen LogP) is 3.13. The molecule has 2 rings (SSSR count). The molecule has 8 heteroatoms. The van der Waals surface area contributed by atoms with Gasteiger partial charge < -0.3 is 4.90 Å². The summed E-state index contributed by atoms with van der Waals surface area (Å²) in [6.45, 7) is 2.35. The van der Waals surface area contributed by atoms with Gasteiger partial charge in [-0.05, 0) is 37.1 Å². The lowest BCUT2D eigenvalue weighted by atomic mass is 10.1. The molecule has 1 heterocycles. The van der Waals surface area contributed by atoms with E-state index in [1.54, 1.807) is 0 Å². The number of carbonyl (C=O) groups is 1. The number of carbonyl (C=O) groups excluding carboxylic acids is 1. The molecule has 1 atom stereocenters. The van der Waals surface area contributed by atoms with Gasteiger partial charge >= 0.3 is 6.18 Å². The summed E-state index contributed by atoms with van der Waals surface area (Å²) in [6, 6.07) is 3.63. The van der Waals surface area contributed by atoms with Crippen LogP contribution >= 0.6 is 0 Å². The fourth-order valence-electron chi connectivity index (χ4n) is 2.77. The van der Waals surface area contributed by atoms with Crippen molar-refractivity contribution >= 4 is 15.7 Å². The van der Waals surface area contributed by atoms with Gasteiger partial charge in [-0.15, -0.1) is 0 Å². The van der Waals surface area contributed by atoms with Crippen LogP contribution in [-0.2, 0) is 16.0 Å². The molecule has 134 valence electrons. The maximum absolute atomic E-state index is 12.7. The number of sulfone groups is 1. The van der Waals surface area contributed by atoms with E-state index in [1.807, 2.05) is 6.92 Å². The molecule has 1 aliphatic rings. The van der Waals surface area contributed by atoms with Gasteiger partial charge in [0.15, 0.2) is 9.84 Å². The standard InChI is InChI=1S/C16H20F3NO3S/c1-2-3-9-20(14-8-10-24(22,23)11-14)15(21)12-4-6-13(7-5-12)16(17,18)19/h4-7,14H,2-3,8-11H2,1H3. The molecule has 0 N–H and O–H groups in total. The first-order valence-electron chi connectivity index (χ1n) is 7.82. The molecule has 1 aliphatic heterocycles. The highest BCUT2D eigenvalue weighted by Gasteiger charge is 2.35. The van der Waals surface area contributed by atoms with E-state index in [-0.39, 0.29) is 17.1 Å². The van der Waals surface area contributed by atoms with E-state index in [1.165, 1.54) is 4.90 Å². The van der Waals surface area contributed by atoms with Crippen LogP contribution < -0.4 is 0 Å². The van der Waals surface area contributed by atoms with Gasteiger partial charge in [-0.2, -0.15) is 13.2 Å². The van der Waals surface area contributed by atoms with Crippen molar-refractivity contribution in [3.8, 4) is 0 Å². The Morgan fingerprint density at radius 3 is 2.33 bits per heavy atom. The first-order valence-corrected chi connectivity index (χ1v) is 9.65. The van der Waals surface area contributed by atoms with Crippen LogP contribution in [0.5, 0.6) is 0 Å². The maximum atomic E-state index is 12.7. The van der Waals surface area contributed by atoms with Crippen molar-refractivity contribution in [2.75, 3.05) is 18.1 Å². The largest absolute Gasteiger partial charge is 0.416 e. The summed E-state index contributed by atoms with van der Waals surface area (Å²) in [5.41, 5.74) is -0.675. The Kier molecular flexibility index (Phi) is 5.57. The number of nitrogens with zero attached hydrogens (tertiary/aromatic N) is 1. The Bertz CT molecular complexity index is 684. The van der Waals surface area contributed by atoms with E-state index >= 15 is 0 Å². The van der Waals surface area contributed by atoms with Crippen LogP contribution in [0.4, 0.5) is 13.2 Å². The normalized spacial score (nSPS) is 20.1. The fraction of sp³-hybridized carbons (Fsp3) is 0.562. The summed E-state index contributed by atoms with van der Waals surface area (Å²) in [4.78, 5) is 14.2. The van der Waals surface area contributed by atoms with E-state index in [0.717, 1.165) is 30.7 Å². The molecule has 0 radical (unpaired) electrons. The van der Waals surface area contributed by atoms with Gasteiger partial charge in [0.2, 0.25) is 0 Å². The Balaban J connectivity index is 2.21. The lowest BCUT2D eigenvalue weighted by molar-refractivity contribution is -0.137. The number of hydrogen-bond donors (Lipinski definition) is 0. The van der Waals surface area contributed by atoms with Crippen molar-refractivity contribution in [1.82, 2.24) is 4.90 Å². The van der Waals surface area contributed by atoms with Gasteiger partial charge in [-0.25, -0.2) is 8.42 Å². The minimum Gasteiger partial charge on any atom is -0.335 e. The van der Waals surface area contributed by atoms with E-state index in [2.05, 4.69) is 0 Å². The van der Waals surface area contributed by atoms with Crippen molar-refractivity contribution in [2.45, 2.75) is 38.4 Å². The second-order valence-electron chi connectivity index (χ2n) is 5.98. The van der Waals surface area contributed by atoms with Crippen LogP contribution in [-0.4, -0.2) is 43.3 Å². The van der Waals surface area contributed by atoms with Crippen LogP contribution in [0.2, 0.25) is 0 Å². The van der Waals surface area contributed by atoms with Gasteiger partial charge in [0, 0.05) is 18.2 Å². The molecule has 0 spiro atoms. The number of hydrogen-bond acceptors (Lipinski definition) is 3. The van der Waals surface area contributed by atoms with Gasteiger partial charge in [0.05, 0.1) is 17.1 Å². The third-order valence-electron chi connectivity index (χ3n) is 4.12. The fourth-order valence-corrected chi connectivity index (χ4v) is 4.50. The van der Waals surface area contributed by atoms with Gasteiger partial charge in [-0.1, -0.05) is 13.3 Å². The summed E-state index contributed by atoms with van der Waals surface area (Å²) in [5, 5.41) is 0. The molecule has 0 aliphatic carbocycles. The highest BCUT2D eigenvalue weighted by Crippen LogP contribution is 2.29. The monoisotopic (exact) mass is 363 g/mol. The molecule has 1 unspecified atom stereocenters. The molecule has 24 heavy (non-hydrogen) atoms. The number of halogens is 3. The zero-order chi connectivity index (χ0) is 18.0. The second kappa shape index (κ2) is 7.13. The van der Waals surface area contributed by atoms with E-state index in [9.17, 15) is 26.4 Å². The number of amides is 1. The third-order valence-corrected chi connectivity index (χ3v) is 5.87. The Labute approximate surface area is 139 Å². The summed E-state index contributed by atoms with van der Waals surface area (Å²) in [7, 11) is -3.15. The zero-order valence-corrected chi connectivity index (χ0v) is 14.2. The molecule has 0 saturated carbocycles. The summed E-state index contributed by atoms with van der Waals surface area (Å²) >= 11 is 0. The van der Waals surface area contributed by atoms with Crippen LogP contribution in [0.15, 0.2) is 24.3 Å². The quantitative estimate of drug-likeness (QED) is 0.808. The Hall–Kier alpha value is -1.57. The predicted molar refractivity (Wildman–Crippen MR) is 84.4 cm³/mol. The summed E-state index contributed by atoms with van der Waals surface area (Å²) in [5.74, 6) is -0.455. The lowest BCUT2D eigenvalue weighted by Crippen LogP contribution is -2.41. The molecule has 1 aromatic carbocycles. The van der Waals surface area contributed by atoms with Crippen LogP contribution in [0, 0.1) is 0 Å². The van der Waals surface area contributed by atoms with Crippen molar-refractivity contribution in [1.29, 1.82) is 0 Å². The molecule has 0 aromatic heterocycles. The van der Waals surface area contributed by atoms with E-state index in [0.29, 0.717) is 19.4 Å². The SMILES string of the molecule is CCCCN(C(=O)c1ccc(C(F)(F)F)cc1)C1CCS(=O)(=O)C1. The molecule has 1 saturated heterocycles. The number of rotatable bonds is 5. The minimum atomic E-state index is -4.46. The maximum Gasteiger partial charge on any atom is 0.416 e. The average Bonchev–Trinajstić information content (AvgIpc) is 2.86. The van der Waals surface area contributed by atoms with Crippen LogP contribution in [0.1, 0.15) is 42.1 Å². The Morgan fingerprint density at radius 2 is 1.88 bits per heavy atom. The zero-order valence-electron chi connectivity index (χ0n) is 13.3. The molecular weight excluding hydrogens is 343 g/mol. The van der Waals surface area contributed by atoms with Gasteiger partial charge in [0.25, 0.3) is 5.91 Å². The Morgan fingerprint density at radius 1 is 1.25 bits per heavy atom. The highest BCUT2D eigenvalue weighted by atomic mass is 32.2. The molecule has 0 bridgehead atoms. The van der Waals surface area contributed by atoms with Crippen molar-refractivity contribution in [2.24, 2.45) is 0 Å². The van der Waals surface area contributed by atoms with Crippen molar-refractivity contribution in [3.05, 3.63) is 35.4 Å². The van der Waals surface area contributed by atoms with Crippen LogP contribution in [0.25, 0.3) is 0 Å². The topological polar surface area (TPSA) is 54.5 Å². The summed E-state index contributed by atoms with van der Waals surface area (Å²) in [6.07, 6.45) is -2.54. The number of alkyl halides is 3. The average molecular weight is 363 g/mol. The molecular formula is C16H20F3NO3S. The smallest absolute Gasteiger partial charge is 0.335 e. The first-order chi connectivity index (χ1) is 11.1. The van der Waals surface area contributed by atoms with Crippen molar-refractivity contribution < 1.29 is 26.4 Å². The third kappa shape index (κ3) is 4.49. The van der Waals surface area contributed by atoms with Gasteiger partial charge in [-0.3, -0.25) is 4.79 Å². The van der Waals surface area contributed by atoms with E-state index in [4.69, 9.17) is 0 Å². The first kappa shape index (κ1) is 18.8. The molecule has 4 nitrogen and oxygen atoms in total. The molecule has 1 fully saturated rings. The lowest BCUT2D eigenvalue weighted by Gasteiger charge is -2.28. The van der Waals surface area contributed by atoms with Crippen molar-refractivity contribution in [3.63, 3.8) is 0 Å². The number of unbranched alkanes of at least 4 members (excludes halogenated alkanes) is 1. The second-order valence-corrected chi connectivity index (χ2v) is 8.21. The van der Waals surface area contributed by atoms with Gasteiger partial charge in [0.1, 0.15) is 0 Å². The number of benzene rings is 1. The minimum absolute atomic E-state index is 0.0422. The van der Waals surface area contributed by atoms with E-state index < -0.39 is 33.5 Å². The highest BCUT2D eigenvalue weighted by molar-refractivity contribution is 7.91. The molecule has 1 aromatic rings.